The van der Waals surface area contributed by atoms with Gasteiger partial charge in [0.05, 0.1) is 55.8 Å². The van der Waals surface area contributed by atoms with E-state index in [1.54, 1.807) is 45.0 Å². The molecule has 3 saturated carbocycles. The number of esters is 1. The van der Waals surface area contributed by atoms with Gasteiger partial charge in [0.1, 0.15) is 35.0 Å². The molecule has 22 heteroatoms. The Kier molecular flexibility index (Phi) is 16.8. The normalized spacial score (nSPS) is 21.2. The number of benzene rings is 3. The number of rotatable bonds is 19. The zero-order chi connectivity index (χ0) is 55.6. The Balaban J connectivity index is 1.03. The molecule has 4 aromatic rings. The number of nitrogens with zero attached hydrogens (tertiary/aromatic N) is 3. The third-order valence-electron chi connectivity index (χ3n) is 15.1. The van der Waals surface area contributed by atoms with Gasteiger partial charge in [-0.05, 0) is 100.0 Å². The number of halogens is 2. The fourth-order valence-corrected chi connectivity index (χ4v) is 11.2. The molecule has 77 heavy (non-hydrogen) atoms. The SMILES string of the molecule is COc1ccc(C(=O)NCCCN2CCN(C(=O)NC(C(=O)N[C@@H](Cc3cccc(C(=O)OC(C)(C)C)c3OC)B3O[C@@H]4C[C@@H]5C[C@@H](C5(C)C)[C@]4(C)O3)c3ncc(OCc4ccccc4)cc3F)C(=O)C2=O)c(Cl)c1OC. The van der Waals surface area contributed by atoms with Crippen molar-refractivity contribution in [2.24, 2.45) is 17.3 Å². The molecular formula is C55H65BClFN6O13. The van der Waals surface area contributed by atoms with Crippen LogP contribution in [0, 0.1) is 23.1 Å². The Morgan fingerprint density at radius 3 is 2.32 bits per heavy atom. The number of piperazine rings is 1. The number of hydrogen-bond donors (Lipinski definition) is 3. The summed E-state index contributed by atoms with van der Waals surface area (Å²) in [5, 5.41) is 8.25. The standard InChI is InChI=1S/C55H65BClFN6O13/c1-53(2,3)75-51(69)36-18-13-17-32(45(36)72-8)25-41(56-76-40-27-33-26-39(54(33,4)5)55(40,6)77-56)61-48(66)44(43-37(58)28-34(29-60-43)74-30-31-15-11-10-12-16-31)62-52(70)64-24-23-63(49(67)50(64)68)22-14-21-59-47(65)35-19-20-38(71-7)46(73-9)42(35)57/h10-13,15-20,28-29,33,39-41,44H,14,21-27,30H2,1-9H3,(H,59,65)(H,61,66)(H,62,70)/t33-,39-,40+,41-,44?,55-/m0/s1. The van der Waals surface area contributed by atoms with Gasteiger partial charge in [0, 0.05) is 32.2 Å². The second-order valence-electron chi connectivity index (χ2n) is 21.4. The summed E-state index contributed by atoms with van der Waals surface area (Å²) in [6.45, 7) is 11.5. The maximum absolute atomic E-state index is 16.6. The molecule has 3 heterocycles. The molecule has 9 rings (SSSR count). The largest absolute Gasteiger partial charge is 0.496 e. The molecule has 6 amide bonds. The molecule has 6 atom stereocenters. The Morgan fingerprint density at radius 2 is 1.65 bits per heavy atom. The van der Waals surface area contributed by atoms with Crippen LogP contribution in [0.1, 0.15) is 104 Å². The van der Waals surface area contributed by atoms with Crippen molar-refractivity contribution in [1.82, 2.24) is 30.7 Å². The lowest BCUT2D eigenvalue weighted by Gasteiger charge is -2.64. The highest BCUT2D eigenvalue weighted by Gasteiger charge is 2.68. The van der Waals surface area contributed by atoms with Gasteiger partial charge in [-0.1, -0.05) is 67.9 Å². The summed E-state index contributed by atoms with van der Waals surface area (Å²) in [7, 11) is 3.15. The third-order valence-corrected chi connectivity index (χ3v) is 15.4. The molecule has 5 fully saturated rings. The van der Waals surface area contributed by atoms with Crippen LogP contribution in [0.3, 0.4) is 0 Å². The molecule has 410 valence electrons. The van der Waals surface area contributed by atoms with Crippen molar-refractivity contribution in [3.63, 3.8) is 0 Å². The highest BCUT2D eigenvalue weighted by molar-refractivity contribution is 6.48. The molecule has 0 spiro atoms. The fraction of sp³-hybridized carbons (Fsp3) is 0.473. The number of hydrogen-bond acceptors (Lipinski definition) is 14. The van der Waals surface area contributed by atoms with Crippen LogP contribution in [0.25, 0.3) is 0 Å². The number of carbonyl (C=O) groups excluding carboxylic acids is 6. The van der Waals surface area contributed by atoms with Crippen molar-refractivity contribution in [1.29, 1.82) is 0 Å². The molecule has 3 aliphatic carbocycles. The van der Waals surface area contributed by atoms with E-state index in [2.05, 4.69) is 34.8 Å². The number of imide groups is 1. The van der Waals surface area contributed by atoms with Crippen molar-refractivity contribution in [2.75, 3.05) is 47.5 Å². The van der Waals surface area contributed by atoms with E-state index in [1.807, 2.05) is 37.3 Å². The van der Waals surface area contributed by atoms with E-state index >= 15 is 9.18 Å². The molecule has 5 aliphatic rings. The van der Waals surface area contributed by atoms with Crippen LogP contribution >= 0.6 is 11.6 Å². The number of pyridine rings is 1. The number of ether oxygens (including phenoxy) is 5. The minimum absolute atomic E-state index is 0.0292. The maximum atomic E-state index is 16.6. The van der Waals surface area contributed by atoms with Gasteiger partial charge in [0.15, 0.2) is 23.4 Å². The minimum Gasteiger partial charge on any atom is -0.496 e. The summed E-state index contributed by atoms with van der Waals surface area (Å²) < 4.78 is 58.1. The average Bonchev–Trinajstić information content (AvgIpc) is 4.07. The quantitative estimate of drug-likeness (QED) is 0.0386. The number of urea groups is 1. The van der Waals surface area contributed by atoms with Gasteiger partial charge in [0.2, 0.25) is 5.91 Å². The molecule has 19 nitrogen and oxygen atoms in total. The first-order valence-electron chi connectivity index (χ1n) is 25.5. The van der Waals surface area contributed by atoms with Gasteiger partial charge >= 0.3 is 30.9 Å². The zero-order valence-corrected chi connectivity index (χ0v) is 45.4. The molecule has 3 aromatic carbocycles. The van der Waals surface area contributed by atoms with E-state index in [4.69, 9.17) is 44.6 Å². The van der Waals surface area contributed by atoms with Crippen LogP contribution < -0.4 is 34.9 Å². The fourth-order valence-electron chi connectivity index (χ4n) is 10.9. The maximum Gasteiger partial charge on any atom is 0.482 e. The molecule has 2 aliphatic heterocycles. The van der Waals surface area contributed by atoms with Crippen LogP contribution in [0.5, 0.6) is 23.0 Å². The number of aromatic nitrogens is 1. The number of amides is 6. The predicted molar refractivity (Wildman–Crippen MR) is 280 cm³/mol. The van der Waals surface area contributed by atoms with Gasteiger partial charge in [-0.15, -0.1) is 0 Å². The van der Waals surface area contributed by atoms with Crippen LogP contribution in [0.4, 0.5) is 9.18 Å². The van der Waals surface area contributed by atoms with Gasteiger partial charge < -0.3 is 53.8 Å². The Labute approximate surface area is 452 Å². The molecule has 0 radical (unpaired) electrons. The van der Waals surface area contributed by atoms with E-state index < -0.39 is 77.4 Å². The van der Waals surface area contributed by atoms with E-state index in [0.29, 0.717) is 28.6 Å². The number of carbonyl (C=O) groups is 6. The Morgan fingerprint density at radius 1 is 0.909 bits per heavy atom. The number of nitrogens with one attached hydrogen (secondary N) is 3. The first-order chi connectivity index (χ1) is 36.6. The lowest BCUT2D eigenvalue weighted by Crippen LogP contribution is -2.65. The van der Waals surface area contributed by atoms with Gasteiger partial charge in [-0.3, -0.25) is 29.1 Å². The lowest BCUT2D eigenvalue weighted by molar-refractivity contribution is -0.199. The van der Waals surface area contributed by atoms with Gasteiger partial charge in [-0.2, -0.15) is 0 Å². The summed E-state index contributed by atoms with van der Waals surface area (Å²) in [5.41, 5.74) is -0.595. The monoisotopic (exact) mass is 1080 g/mol. The van der Waals surface area contributed by atoms with E-state index in [0.717, 1.165) is 18.1 Å². The molecule has 3 N–H and O–H groups in total. The summed E-state index contributed by atoms with van der Waals surface area (Å²) >= 11 is 6.41. The molecule has 1 aromatic heterocycles. The smallest absolute Gasteiger partial charge is 0.482 e. The van der Waals surface area contributed by atoms with Crippen molar-refractivity contribution in [3.05, 3.63) is 112 Å². The zero-order valence-electron chi connectivity index (χ0n) is 44.7. The summed E-state index contributed by atoms with van der Waals surface area (Å²) in [6, 6.07) is 15.1. The van der Waals surface area contributed by atoms with E-state index in [9.17, 15) is 24.0 Å². The van der Waals surface area contributed by atoms with Crippen LogP contribution in [0.15, 0.2) is 72.9 Å². The predicted octanol–water partition coefficient (Wildman–Crippen LogP) is 6.67. The van der Waals surface area contributed by atoms with Crippen LogP contribution in [-0.2, 0) is 41.5 Å². The highest BCUT2D eigenvalue weighted by atomic mass is 35.5. The summed E-state index contributed by atoms with van der Waals surface area (Å²) in [5.74, 6) is -5.17. The highest BCUT2D eigenvalue weighted by Crippen LogP contribution is 2.66. The first-order valence-corrected chi connectivity index (χ1v) is 25.9. The van der Waals surface area contributed by atoms with Gasteiger partial charge in [-0.25, -0.2) is 14.0 Å². The summed E-state index contributed by atoms with van der Waals surface area (Å²) in [6.07, 6.45) is 2.70. The number of methoxy groups -OCH3 is 3. The third kappa shape index (κ3) is 11.8. The topological polar surface area (TPSA) is 222 Å². The lowest BCUT2D eigenvalue weighted by atomic mass is 9.43. The second kappa shape index (κ2) is 22.9. The van der Waals surface area contributed by atoms with E-state index in [1.165, 1.54) is 38.5 Å². The van der Waals surface area contributed by atoms with Crippen LogP contribution in [0.2, 0.25) is 5.02 Å². The van der Waals surface area contributed by atoms with Crippen molar-refractivity contribution in [2.45, 2.75) is 103 Å². The van der Waals surface area contributed by atoms with Gasteiger partial charge in [0.25, 0.3) is 5.91 Å². The molecule has 1 unspecified atom stereocenters. The number of para-hydroxylation sites is 1. The van der Waals surface area contributed by atoms with Crippen molar-refractivity contribution < 1.29 is 66.2 Å². The van der Waals surface area contributed by atoms with Crippen molar-refractivity contribution >= 4 is 54.3 Å². The Bertz CT molecular complexity index is 2910. The summed E-state index contributed by atoms with van der Waals surface area (Å²) in [4.78, 5) is 89.3. The van der Waals surface area contributed by atoms with E-state index in [-0.39, 0.29) is 96.5 Å². The Hall–Kier alpha value is -6.97. The first kappa shape index (κ1) is 56.2. The molecule has 2 saturated heterocycles. The van der Waals surface area contributed by atoms with Crippen LogP contribution in [-0.4, -0.2) is 128 Å². The molecule has 2 bridgehead atoms. The van der Waals surface area contributed by atoms with Crippen molar-refractivity contribution in [3.8, 4) is 23.0 Å². The molecular weight excluding hydrogens is 1020 g/mol. The average molecular weight is 1080 g/mol. The minimum atomic E-state index is -1.92. The second-order valence-corrected chi connectivity index (χ2v) is 21.8.